The van der Waals surface area contributed by atoms with Gasteiger partial charge in [0.1, 0.15) is 5.82 Å². The van der Waals surface area contributed by atoms with Crippen LogP contribution >= 0.6 is 0 Å². The first kappa shape index (κ1) is 17.2. The Hall–Kier alpha value is -2.61. The van der Waals surface area contributed by atoms with E-state index < -0.39 is 0 Å². The van der Waals surface area contributed by atoms with Crippen molar-refractivity contribution in [3.63, 3.8) is 0 Å². The summed E-state index contributed by atoms with van der Waals surface area (Å²) >= 11 is 0. The molecule has 3 rings (SSSR count). The number of hydrogen-bond donors (Lipinski definition) is 3. The summed E-state index contributed by atoms with van der Waals surface area (Å²) < 4.78 is 11.2. The van der Waals surface area contributed by atoms with E-state index in [0.29, 0.717) is 30.1 Å². The molecule has 25 heavy (non-hydrogen) atoms. The van der Waals surface area contributed by atoms with Gasteiger partial charge in [0.05, 0.1) is 25.6 Å². The van der Waals surface area contributed by atoms with Gasteiger partial charge in [-0.3, -0.25) is 0 Å². The minimum absolute atomic E-state index is 0.470. The zero-order valence-corrected chi connectivity index (χ0v) is 14.8. The molecule has 0 bridgehead atoms. The van der Waals surface area contributed by atoms with Gasteiger partial charge in [0, 0.05) is 37.3 Å². The number of nitrogens with one attached hydrogen (secondary N) is 3. The fourth-order valence-corrected chi connectivity index (χ4v) is 2.70. The molecule has 0 unspecified atom stereocenters. The number of methoxy groups -OCH3 is 1. The number of nitrogens with zero attached hydrogens (tertiary/aromatic N) is 3. The van der Waals surface area contributed by atoms with Gasteiger partial charge in [0.15, 0.2) is 5.75 Å². The second-order valence-electron chi connectivity index (χ2n) is 5.99. The Bertz CT molecular complexity index is 718. The Balaban J connectivity index is 1.75. The van der Waals surface area contributed by atoms with Crippen LogP contribution in [0.1, 0.15) is 12.1 Å². The van der Waals surface area contributed by atoms with E-state index in [4.69, 9.17) is 9.47 Å². The van der Waals surface area contributed by atoms with Crippen molar-refractivity contribution in [2.24, 2.45) is 5.92 Å². The molecule has 1 fully saturated rings. The molecule has 134 valence electrons. The number of anilines is 3. The highest BCUT2D eigenvalue weighted by Crippen LogP contribution is 2.29. The lowest BCUT2D eigenvalue weighted by Gasteiger charge is -2.14. The first-order valence-corrected chi connectivity index (χ1v) is 8.36. The first-order valence-electron chi connectivity index (χ1n) is 8.36. The Kier molecular flexibility index (Phi) is 5.49. The van der Waals surface area contributed by atoms with E-state index in [1.807, 2.05) is 26.1 Å². The molecule has 0 aromatic carbocycles. The van der Waals surface area contributed by atoms with Crippen LogP contribution in [0, 0.1) is 12.8 Å². The van der Waals surface area contributed by atoms with E-state index in [1.54, 1.807) is 13.3 Å². The standard InChI is InChI=1S/C17H24N6O2/c1-11-6-15(18-2)23-17(21-11)22-13-7-14(16(24-3)20-9-13)25-10-12-4-5-19-8-12/h6-7,9,12,19H,4-5,8,10H2,1-3H3,(H2,18,21,22,23)/t12-/m0/s1. The first-order chi connectivity index (χ1) is 12.2. The lowest BCUT2D eigenvalue weighted by atomic mass is 10.1. The third kappa shape index (κ3) is 4.48. The zero-order chi connectivity index (χ0) is 17.6. The molecule has 3 N–H and O–H groups in total. The highest BCUT2D eigenvalue weighted by Gasteiger charge is 2.17. The van der Waals surface area contributed by atoms with E-state index in [9.17, 15) is 0 Å². The average Bonchev–Trinajstić information content (AvgIpc) is 3.13. The van der Waals surface area contributed by atoms with Gasteiger partial charge in [-0.15, -0.1) is 0 Å². The Labute approximate surface area is 147 Å². The quantitative estimate of drug-likeness (QED) is 0.702. The molecule has 8 heteroatoms. The van der Waals surface area contributed by atoms with E-state index >= 15 is 0 Å². The zero-order valence-electron chi connectivity index (χ0n) is 14.8. The third-order valence-corrected chi connectivity index (χ3v) is 4.02. The summed E-state index contributed by atoms with van der Waals surface area (Å²) in [5, 5.41) is 9.52. The smallest absolute Gasteiger partial charge is 0.256 e. The van der Waals surface area contributed by atoms with Crippen molar-refractivity contribution in [1.82, 2.24) is 20.3 Å². The second-order valence-corrected chi connectivity index (χ2v) is 5.99. The average molecular weight is 344 g/mol. The number of pyridine rings is 1. The van der Waals surface area contributed by atoms with Crippen LogP contribution in [0.15, 0.2) is 18.3 Å². The summed E-state index contributed by atoms with van der Waals surface area (Å²) in [4.78, 5) is 13.1. The minimum Gasteiger partial charge on any atom is -0.488 e. The van der Waals surface area contributed by atoms with Crippen LogP contribution in [0.5, 0.6) is 11.6 Å². The Morgan fingerprint density at radius 1 is 1.32 bits per heavy atom. The van der Waals surface area contributed by atoms with Crippen LogP contribution in [0.25, 0.3) is 0 Å². The van der Waals surface area contributed by atoms with Crippen molar-refractivity contribution >= 4 is 17.5 Å². The van der Waals surface area contributed by atoms with Gasteiger partial charge in [-0.25, -0.2) is 9.97 Å². The van der Waals surface area contributed by atoms with Gasteiger partial charge in [0.2, 0.25) is 5.95 Å². The van der Waals surface area contributed by atoms with E-state index in [0.717, 1.165) is 36.7 Å². The lowest BCUT2D eigenvalue weighted by Crippen LogP contribution is -2.16. The highest BCUT2D eigenvalue weighted by atomic mass is 16.5. The molecule has 0 saturated carbocycles. The van der Waals surface area contributed by atoms with Crippen LogP contribution in [-0.4, -0.2) is 48.8 Å². The van der Waals surface area contributed by atoms with Gasteiger partial charge in [-0.05, 0) is 19.9 Å². The predicted octanol–water partition coefficient (Wildman–Crippen LogP) is 1.96. The van der Waals surface area contributed by atoms with Gasteiger partial charge in [-0.2, -0.15) is 4.98 Å². The molecular weight excluding hydrogens is 320 g/mol. The van der Waals surface area contributed by atoms with Gasteiger partial charge in [-0.1, -0.05) is 0 Å². The minimum atomic E-state index is 0.470. The maximum Gasteiger partial charge on any atom is 0.256 e. The van der Waals surface area contributed by atoms with Crippen molar-refractivity contribution < 1.29 is 9.47 Å². The monoisotopic (exact) mass is 344 g/mol. The fourth-order valence-electron chi connectivity index (χ4n) is 2.70. The molecule has 8 nitrogen and oxygen atoms in total. The summed E-state index contributed by atoms with van der Waals surface area (Å²) in [6.45, 7) is 4.59. The van der Waals surface area contributed by atoms with E-state index in [2.05, 4.69) is 30.9 Å². The van der Waals surface area contributed by atoms with Crippen LogP contribution < -0.4 is 25.4 Å². The van der Waals surface area contributed by atoms with Crippen LogP contribution in [0.2, 0.25) is 0 Å². The SMILES string of the molecule is CNc1cc(C)nc(Nc2cnc(OC)c(OC[C@H]3CCNC3)c2)n1. The van der Waals surface area contributed by atoms with Gasteiger partial charge in [0.25, 0.3) is 5.88 Å². The number of aromatic nitrogens is 3. The van der Waals surface area contributed by atoms with Gasteiger partial charge >= 0.3 is 0 Å². The number of ether oxygens (including phenoxy) is 2. The summed E-state index contributed by atoms with van der Waals surface area (Å²) in [6, 6.07) is 3.74. The van der Waals surface area contributed by atoms with Crippen LogP contribution in [0.4, 0.5) is 17.5 Å². The molecule has 0 spiro atoms. The molecule has 1 aliphatic heterocycles. The van der Waals surface area contributed by atoms with Crippen molar-refractivity contribution in [2.75, 3.05) is 44.5 Å². The maximum atomic E-state index is 5.94. The molecule has 2 aromatic rings. The molecule has 1 atom stereocenters. The summed E-state index contributed by atoms with van der Waals surface area (Å²) in [5.74, 6) is 2.85. The second kappa shape index (κ2) is 7.98. The number of rotatable bonds is 7. The summed E-state index contributed by atoms with van der Waals surface area (Å²) in [6.07, 6.45) is 2.80. The molecule has 0 aliphatic carbocycles. The Morgan fingerprint density at radius 3 is 2.92 bits per heavy atom. The van der Waals surface area contributed by atoms with Crippen molar-refractivity contribution in [3.05, 3.63) is 24.0 Å². The number of hydrogen-bond acceptors (Lipinski definition) is 8. The largest absolute Gasteiger partial charge is 0.488 e. The normalized spacial score (nSPS) is 16.5. The molecule has 3 heterocycles. The number of aryl methyl sites for hydroxylation is 1. The Morgan fingerprint density at radius 2 is 2.20 bits per heavy atom. The topological polar surface area (TPSA) is 93.2 Å². The summed E-state index contributed by atoms with van der Waals surface area (Å²) in [5.41, 5.74) is 1.61. The molecule has 1 aliphatic rings. The van der Waals surface area contributed by atoms with E-state index in [-0.39, 0.29) is 0 Å². The van der Waals surface area contributed by atoms with Crippen LogP contribution in [0.3, 0.4) is 0 Å². The van der Waals surface area contributed by atoms with Crippen LogP contribution in [-0.2, 0) is 0 Å². The highest BCUT2D eigenvalue weighted by molar-refractivity contribution is 5.58. The molecule has 1 saturated heterocycles. The van der Waals surface area contributed by atoms with Gasteiger partial charge < -0.3 is 25.4 Å². The molecule has 0 radical (unpaired) electrons. The molecular formula is C17H24N6O2. The summed E-state index contributed by atoms with van der Waals surface area (Å²) in [7, 11) is 3.41. The molecule has 0 amide bonds. The van der Waals surface area contributed by atoms with Crippen molar-refractivity contribution in [1.29, 1.82) is 0 Å². The van der Waals surface area contributed by atoms with Crippen molar-refractivity contribution in [2.45, 2.75) is 13.3 Å². The van der Waals surface area contributed by atoms with Crippen molar-refractivity contribution in [3.8, 4) is 11.6 Å². The predicted molar refractivity (Wildman–Crippen MR) is 96.9 cm³/mol. The molecule has 2 aromatic heterocycles. The van der Waals surface area contributed by atoms with E-state index in [1.165, 1.54) is 0 Å². The fraction of sp³-hybridized carbons (Fsp3) is 0.471. The lowest BCUT2D eigenvalue weighted by molar-refractivity contribution is 0.244. The maximum absolute atomic E-state index is 5.94. The third-order valence-electron chi connectivity index (χ3n) is 4.02.